The highest BCUT2D eigenvalue weighted by Gasteiger charge is 2.19. The molecular weight excluding hydrogens is 266 g/mol. The van der Waals surface area contributed by atoms with Gasteiger partial charge in [-0.2, -0.15) is 0 Å². The molecule has 112 valence electrons. The van der Waals surface area contributed by atoms with Crippen molar-refractivity contribution in [1.29, 1.82) is 0 Å². The average molecular weight is 287 g/mol. The fourth-order valence-electron chi connectivity index (χ4n) is 2.80. The SMILES string of the molecule is Cc1nc(-c2nnn(C)c2CN)ccc1OC1CCCC1. The number of hydrogen-bond donors (Lipinski definition) is 1. The van der Waals surface area contributed by atoms with Crippen LogP contribution in [0.4, 0.5) is 0 Å². The number of aryl methyl sites for hydroxylation is 2. The molecule has 2 aromatic rings. The van der Waals surface area contributed by atoms with Gasteiger partial charge >= 0.3 is 0 Å². The summed E-state index contributed by atoms with van der Waals surface area (Å²) in [5.41, 5.74) is 9.06. The second-order valence-electron chi connectivity index (χ2n) is 5.52. The Labute approximate surface area is 124 Å². The maximum absolute atomic E-state index is 6.03. The molecule has 1 fully saturated rings. The molecule has 6 heteroatoms. The summed E-state index contributed by atoms with van der Waals surface area (Å²) in [6, 6.07) is 3.91. The molecule has 1 aliphatic carbocycles. The summed E-state index contributed by atoms with van der Waals surface area (Å²) in [6.07, 6.45) is 5.14. The van der Waals surface area contributed by atoms with E-state index in [1.54, 1.807) is 4.68 Å². The maximum Gasteiger partial charge on any atom is 0.140 e. The lowest BCUT2D eigenvalue weighted by Gasteiger charge is -2.15. The molecule has 0 atom stereocenters. The van der Waals surface area contributed by atoms with Gasteiger partial charge in [-0.25, -0.2) is 4.98 Å². The number of nitrogens with two attached hydrogens (primary N) is 1. The van der Waals surface area contributed by atoms with Crippen molar-refractivity contribution in [2.75, 3.05) is 0 Å². The van der Waals surface area contributed by atoms with Crippen LogP contribution < -0.4 is 10.5 Å². The number of pyridine rings is 1. The van der Waals surface area contributed by atoms with Crippen LogP contribution in [-0.4, -0.2) is 26.1 Å². The van der Waals surface area contributed by atoms with Gasteiger partial charge in [-0.15, -0.1) is 5.10 Å². The third kappa shape index (κ3) is 2.76. The van der Waals surface area contributed by atoms with E-state index in [0.29, 0.717) is 12.6 Å². The molecule has 0 aliphatic heterocycles. The van der Waals surface area contributed by atoms with Crippen LogP contribution in [0.25, 0.3) is 11.4 Å². The Morgan fingerprint density at radius 1 is 1.33 bits per heavy atom. The average Bonchev–Trinajstić information content (AvgIpc) is 3.10. The molecule has 2 aromatic heterocycles. The summed E-state index contributed by atoms with van der Waals surface area (Å²) in [4.78, 5) is 4.61. The van der Waals surface area contributed by atoms with Gasteiger partial charge in [0.2, 0.25) is 0 Å². The van der Waals surface area contributed by atoms with Crippen molar-refractivity contribution in [3.05, 3.63) is 23.5 Å². The van der Waals surface area contributed by atoms with E-state index in [9.17, 15) is 0 Å². The van der Waals surface area contributed by atoms with Gasteiger partial charge in [-0.1, -0.05) is 5.21 Å². The fraction of sp³-hybridized carbons (Fsp3) is 0.533. The topological polar surface area (TPSA) is 78.9 Å². The quantitative estimate of drug-likeness (QED) is 0.930. The Hall–Kier alpha value is -1.95. The van der Waals surface area contributed by atoms with Gasteiger partial charge in [0.05, 0.1) is 23.2 Å². The van der Waals surface area contributed by atoms with Gasteiger partial charge in [0, 0.05) is 13.6 Å². The van der Waals surface area contributed by atoms with Crippen LogP contribution in [0.15, 0.2) is 12.1 Å². The zero-order chi connectivity index (χ0) is 14.8. The summed E-state index contributed by atoms with van der Waals surface area (Å²) in [7, 11) is 1.84. The first kappa shape index (κ1) is 14.0. The van der Waals surface area contributed by atoms with Crippen molar-refractivity contribution in [2.24, 2.45) is 12.8 Å². The summed E-state index contributed by atoms with van der Waals surface area (Å²) in [5.74, 6) is 0.865. The Bertz CT molecular complexity index is 631. The predicted molar refractivity (Wildman–Crippen MR) is 79.7 cm³/mol. The van der Waals surface area contributed by atoms with Crippen molar-refractivity contribution >= 4 is 0 Å². The van der Waals surface area contributed by atoms with E-state index in [1.807, 2.05) is 26.1 Å². The molecule has 0 amide bonds. The molecule has 3 rings (SSSR count). The van der Waals surface area contributed by atoms with E-state index in [0.717, 1.165) is 41.4 Å². The zero-order valence-corrected chi connectivity index (χ0v) is 12.5. The van der Waals surface area contributed by atoms with Gasteiger partial charge < -0.3 is 10.5 Å². The van der Waals surface area contributed by atoms with E-state index < -0.39 is 0 Å². The highest BCUT2D eigenvalue weighted by atomic mass is 16.5. The molecule has 1 aliphatic rings. The van der Waals surface area contributed by atoms with Crippen LogP contribution >= 0.6 is 0 Å². The molecule has 1 saturated carbocycles. The number of ether oxygens (including phenoxy) is 1. The lowest BCUT2D eigenvalue weighted by atomic mass is 10.2. The molecule has 2 heterocycles. The van der Waals surface area contributed by atoms with E-state index >= 15 is 0 Å². The Kier molecular flexibility index (Phi) is 3.88. The third-order valence-electron chi connectivity index (χ3n) is 4.01. The zero-order valence-electron chi connectivity index (χ0n) is 12.5. The van der Waals surface area contributed by atoms with Gasteiger partial charge in [0.1, 0.15) is 11.4 Å². The van der Waals surface area contributed by atoms with Crippen molar-refractivity contribution in [1.82, 2.24) is 20.0 Å². The Morgan fingerprint density at radius 3 is 2.76 bits per heavy atom. The minimum Gasteiger partial charge on any atom is -0.489 e. The van der Waals surface area contributed by atoms with Gasteiger partial charge in [-0.05, 0) is 44.7 Å². The first-order valence-corrected chi connectivity index (χ1v) is 7.42. The number of hydrogen-bond acceptors (Lipinski definition) is 5. The number of rotatable bonds is 4. The molecule has 6 nitrogen and oxygen atoms in total. The summed E-state index contributed by atoms with van der Waals surface area (Å²) >= 11 is 0. The van der Waals surface area contributed by atoms with E-state index in [4.69, 9.17) is 10.5 Å². The molecule has 0 radical (unpaired) electrons. The van der Waals surface area contributed by atoms with E-state index in [1.165, 1.54) is 12.8 Å². The Morgan fingerprint density at radius 2 is 2.10 bits per heavy atom. The van der Waals surface area contributed by atoms with Crippen molar-refractivity contribution in [3.63, 3.8) is 0 Å². The molecule has 0 spiro atoms. The van der Waals surface area contributed by atoms with Crippen molar-refractivity contribution in [2.45, 2.75) is 45.3 Å². The predicted octanol–water partition coefficient (Wildman–Crippen LogP) is 1.97. The Balaban J connectivity index is 1.86. The lowest BCUT2D eigenvalue weighted by molar-refractivity contribution is 0.207. The van der Waals surface area contributed by atoms with E-state index in [-0.39, 0.29) is 0 Å². The standard InChI is InChI=1S/C15H21N5O/c1-10-14(21-11-5-3-4-6-11)8-7-12(17-10)15-13(9-16)20(2)19-18-15/h7-8,11H,3-6,9,16H2,1-2H3. The summed E-state index contributed by atoms with van der Waals surface area (Å²) in [5, 5.41) is 8.17. The van der Waals surface area contributed by atoms with Crippen molar-refractivity contribution in [3.8, 4) is 17.1 Å². The monoisotopic (exact) mass is 287 g/mol. The number of nitrogens with zero attached hydrogens (tertiary/aromatic N) is 4. The van der Waals surface area contributed by atoms with Gasteiger partial charge in [0.25, 0.3) is 0 Å². The van der Waals surface area contributed by atoms with Crippen LogP contribution in [0.3, 0.4) is 0 Å². The normalized spacial score (nSPS) is 15.6. The highest BCUT2D eigenvalue weighted by molar-refractivity contribution is 5.58. The minimum absolute atomic E-state index is 0.340. The first-order valence-electron chi connectivity index (χ1n) is 7.42. The second kappa shape index (κ2) is 5.81. The molecule has 21 heavy (non-hydrogen) atoms. The lowest BCUT2D eigenvalue weighted by Crippen LogP contribution is -2.12. The molecule has 0 aromatic carbocycles. The summed E-state index contributed by atoms with van der Waals surface area (Å²) in [6.45, 7) is 2.35. The fourth-order valence-corrected chi connectivity index (χ4v) is 2.80. The van der Waals surface area contributed by atoms with Crippen LogP contribution in [0.1, 0.15) is 37.1 Å². The minimum atomic E-state index is 0.340. The smallest absolute Gasteiger partial charge is 0.140 e. The molecule has 0 unspecified atom stereocenters. The van der Waals surface area contributed by atoms with Crippen LogP contribution in [0.2, 0.25) is 0 Å². The number of aromatic nitrogens is 4. The largest absolute Gasteiger partial charge is 0.489 e. The summed E-state index contributed by atoms with van der Waals surface area (Å²) < 4.78 is 7.72. The third-order valence-corrected chi connectivity index (χ3v) is 4.01. The molecule has 2 N–H and O–H groups in total. The molecular formula is C15H21N5O. The van der Waals surface area contributed by atoms with Crippen LogP contribution in [-0.2, 0) is 13.6 Å². The maximum atomic E-state index is 6.03. The van der Waals surface area contributed by atoms with Crippen LogP contribution in [0, 0.1) is 6.92 Å². The van der Waals surface area contributed by atoms with Crippen LogP contribution in [0.5, 0.6) is 5.75 Å². The first-order chi connectivity index (χ1) is 10.2. The van der Waals surface area contributed by atoms with Gasteiger partial charge in [-0.3, -0.25) is 4.68 Å². The van der Waals surface area contributed by atoms with Crippen molar-refractivity contribution < 1.29 is 4.74 Å². The molecule has 0 saturated heterocycles. The molecule has 0 bridgehead atoms. The van der Waals surface area contributed by atoms with E-state index in [2.05, 4.69) is 15.3 Å². The second-order valence-corrected chi connectivity index (χ2v) is 5.52. The van der Waals surface area contributed by atoms with Gasteiger partial charge in [0.15, 0.2) is 0 Å². The highest BCUT2D eigenvalue weighted by Crippen LogP contribution is 2.28.